The predicted molar refractivity (Wildman–Crippen MR) is 74.2 cm³/mol. The van der Waals surface area contributed by atoms with Gasteiger partial charge in [0, 0.05) is 19.1 Å². The summed E-state index contributed by atoms with van der Waals surface area (Å²) in [6, 6.07) is 5.10. The number of anilines is 1. The maximum atomic E-state index is 14.1. The van der Waals surface area contributed by atoms with Gasteiger partial charge < -0.3 is 10.6 Å². The Hall–Kier alpha value is -1.09. The third kappa shape index (κ3) is 2.66. The monoisotopic (exact) mass is 250 g/mol. The molecule has 100 valence electrons. The van der Waals surface area contributed by atoms with Crippen molar-refractivity contribution in [2.45, 2.75) is 39.2 Å². The largest absolute Gasteiger partial charge is 0.369 e. The molecule has 1 saturated heterocycles. The molecule has 0 radical (unpaired) electrons. The van der Waals surface area contributed by atoms with Gasteiger partial charge >= 0.3 is 0 Å². The summed E-state index contributed by atoms with van der Waals surface area (Å²) in [5.41, 5.74) is 7.60. The van der Waals surface area contributed by atoms with Crippen LogP contribution in [0.2, 0.25) is 0 Å². The van der Waals surface area contributed by atoms with Gasteiger partial charge in [-0.3, -0.25) is 0 Å². The van der Waals surface area contributed by atoms with Gasteiger partial charge in [0.25, 0.3) is 0 Å². The smallest absolute Gasteiger partial charge is 0.146 e. The molecule has 1 heterocycles. The minimum absolute atomic E-state index is 0.124. The Labute approximate surface area is 109 Å². The van der Waals surface area contributed by atoms with Gasteiger partial charge in [0.2, 0.25) is 0 Å². The molecule has 0 spiro atoms. The maximum absolute atomic E-state index is 14.1. The first kappa shape index (κ1) is 13.3. The summed E-state index contributed by atoms with van der Waals surface area (Å²) in [5.74, 6) is 0.567. The lowest BCUT2D eigenvalue weighted by molar-refractivity contribution is 0.528. The minimum atomic E-state index is -0.137. The molecule has 1 unspecified atom stereocenters. The van der Waals surface area contributed by atoms with Crippen LogP contribution in [0, 0.1) is 11.7 Å². The Morgan fingerprint density at radius 3 is 2.94 bits per heavy atom. The molecule has 18 heavy (non-hydrogen) atoms. The van der Waals surface area contributed by atoms with E-state index in [1.165, 1.54) is 25.3 Å². The Balaban J connectivity index is 2.23. The van der Waals surface area contributed by atoms with Crippen LogP contribution in [0.1, 0.15) is 44.7 Å². The number of hydrogen-bond acceptors (Lipinski definition) is 2. The summed E-state index contributed by atoms with van der Waals surface area (Å²) in [7, 11) is 0. The van der Waals surface area contributed by atoms with Gasteiger partial charge in [-0.25, -0.2) is 4.39 Å². The number of benzene rings is 1. The number of nitrogens with zero attached hydrogens (tertiary/aromatic N) is 1. The van der Waals surface area contributed by atoms with Crippen molar-refractivity contribution in [1.82, 2.24) is 0 Å². The molecular weight excluding hydrogens is 227 g/mol. The topological polar surface area (TPSA) is 29.3 Å². The zero-order valence-corrected chi connectivity index (χ0v) is 11.3. The first-order valence-electron chi connectivity index (χ1n) is 6.92. The van der Waals surface area contributed by atoms with Crippen LogP contribution in [-0.4, -0.2) is 13.1 Å². The van der Waals surface area contributed by atoms with Crippen molar-refractivity contribution < 1.29 is 4.39 Å². The lowest BCUT2D eigenvalue weighted by Crippen LogP contribution is -2.24. The lowest BCUT2D eigenvalue weighted by atomic mass is 10.0. The van der Waals surface area contributed by atoms with Crippen LogP contribution in [0.15, 0.2) is 18.2 Å². The predicted octanol–water partition coefficient (Wildman–Crippen LogP) is 3.47. The molecule has 2 atom stereocenters. The van der Waals surface area contributed by atoms with Crippen molar-refractivity contribution >= 4 is 5.69 Å². The van der Waals surface area contributed by atoms with Gasteiger partial charge in [0.15, 0.2) is 0 Å². The highest BCUT2D eigenvalue weighted by atomic mass is 19.1. The van der Waals surface area contributed by atoms with E-state index < -0.39 is 0 Å². The Kier molecular flexibility index (Phi) is 4.23. The fourth-order valence-electron chi connectivity index (χ4n) is 2.91. The summed E-state index contributed by atoms with van der Waals surface area (Å²) >= 11 is 0. The Bertz CT molecular complexity index is 403. The molecule has 0 aliphatic carbocycles. The van der Waals surface area contributed by atoms with Crippen LogP contribution < -0.4 is 10.6 Å². The molecule has 2 nitrogen and oxygen atoms in total. The third-order valence-corrected chi connectivity index (χ3v) is 3.81. The lowest BCUT2D eigenvalue weighted by Gasteiger charge is -2.24. The molecule has 2 N–H and O–H groups in total. The van der Waals surface area contributed by atoms with E-state index in [4.69, 9.17) is 5.73 Å². The van der Waals surface area contributed by atoms with E-state index in [0.29, 0.717) is 5.92 Å². The highest BCUT2D eigenvalue weighted by molar-refractivity contribution is 5.56. The van der Waals surface area contributed by atoms with Crippen molar-refractivity contribution in [3.8, 4) is 0 Å². The number of nitrogens with two attached hydrogens (primary N) is 1. The second-order valence-electron chi connectivity index (χ2n) is 5.36. The summed E-state index contributed by atoms with van der Waals surface area (Å²) < 4.78 is 14.1. The van der Waals surface area contributed by atoms with Crippen LogP contribution in [0.4, 0.5) is 10.1 Å². The Morgan fingerprint density at radius 2 is 2.28 bits per heavy atom. The van der Waals surface area contributed by atoms with E-state index in [1.807, 2.05) is 13.0 Å². The molecule has 1 aliphatic rings. The minimum Gasteiger partial charge on any atom is -0.369 e. The van der Waals surface area contributed by atoms with Crippen LogP contribution in [0.25, 0.3) is 0 Å². The van der Waals surface area contributed by atoms with Gasteiger partial charge in [-0.15, -0.1) is 0 Å². The third-order valence-electron chi connectivity index (χ3n) is 3.81. The van der Waals surface area contributed by atoms with Crippen LogP contribution in [0.3, 0.4) is 0 Å². The summed E-state index contributed by atoms with van der Waals surface area (Å²) in [4.78, 5) is 2.17. The zero-order chi connectivity index (χ0) is 13.1. The van der Waals surface area contributed by atoms with E-state index in [1.54, 1.807) is 6.07 Å². The van der Waals surface area contributed by atoms with Crippen molar-refractivity contribution in [3.05, 3.63) is 29.6 Å². The highest BCUT2D eigenvalue weighted by Crippen LogP contribution is 2.33. The molecule has 0 amide bonds. The number of halogens is 1. The average Bonchev–Trinajstić information content (AvgIpc) is 2.77. The Morgan fingerprint density at radius 1 is 1.50 bits per heavy atom. The van der Waals surface area contributed by atoms with Gasteiger partial charge in [0.1, 0.15) is 5.82 Å². The van der Waals surface area contributed by atoms with E-state index >= 15 is 0 Å². The van der Waals surface area contributed by atoms with Gasteiger partial charge in [0.05, 0.1) is 5.69 Å². The van der Waals surface area contributed by atoms with Crippen LogP contribution in [-0.2, 0) is 0 Å². The highest BCUT2D eigenvalue weighted by Gasteiger charge is 2.26. The summed E-state index contributed by atoms with van der Waals surface area (Å²) in [5, 5.41) is 0. The molecular formula is C15H23FN2. The molecule has 1 aliphatic heterocycles. The molecule has 3 heteroatoms. The summed E-state index contributed by atoms with van der Waals surface area (Å²) in [6.07, 6.45) is 3.61. The van der Waals surface area contributed by atoms with Crippen molar-refractivity contribution in [2.75, 3.05) is 18.0 Å². The molecule has 0 saturated carbocycles. The van der Waals surface area contributed by atoms with Gasteiger partial charge in [-0.05, 0) is 37.3 Å². The number of rotatable bonds is 4. The van der Waals surface area contributed by atoms with E-state index in [9.17, 15) is 4.39 Å². The fourth-order valence-corrected chi connectivity index (χ4v) is 2.91. The molecule has 1 aromatic rings. The first-order valence-corrected chi connectivity index (χ1v) is 6.92. The fraction of sp³-hybridized carbons (Fsp3) is 0.600. The van der Waals surface area contributed by atoms with Gasteiger partial charge in [-0.1, -0.05) is 25.5 Å². The van der Waals surface area contributed by atoms with Crippen molar-refractivity contribution in [1.29, 1.82) is 0 Å². The maximum Gasteiger partial charge on any atom is 0.146 e. The van der Waals surface area contributed by atoms with Crippen LogP contribution >= 0.6 is 0 Å². The van der Waals surface area contributed by atoms with E-state index in [0.717, 1.165) is 24.3 Å². The normalized spacial score (nSPS) is 21.3. The molecule has 1 aromatic carbocycles. The first-order chi connectivity index (χ1) is 8.63. The quantitative estimate of drug-likeness (QED) is 0.886. The molecule has 0 bridgehead atoms. The second-order valence-corrected chi connectivity index (χ2v) is 5.36. The molecule has 2 rings (SSSR count). The second kappa shape index (κ2) is 5.70. The summed E-state index contributed by atoms with van der Waals surface area (Å²) in [6.45, 7) is 6.04. The van der Waals surface area contributed by atoms with E-state index in [2.05, 4.69) is 11.8 Å². The molecule has 0 aromatic heterocycles. The number of hydrogen-bond donors (Lipinski definition) is 1. The SMILES string of the molecule is CCCC1CCN(c2c(F)cccc2[C@@H](C)N)C1. The molecule has 1 fully saturated rings. The average molecular weight is 250 g/mol. The van der Waals surface area contributed by atoms with Crippen LogP contribution in [0.5, 0.6) is 0 Å². The van der Waals surface area contributed by atoms with Crippen molar-refractivity contribution in [2.24, 2.45) is 11.7 Å². The van der Waals surface area contributed by atoms with E-state index in [-0.39, 0.29) is 11.9 Å². The van der Waals surface area contributed by atoms with Crippen molar-refractivity contribution in [3.63, 3.8) is 0 Å². The zero-order valence-electron chi connectivity index (χ0n) is 11.3. The van der Waals surface area contributed by atoms with Gasteiger partial charge in [-0.2, -0.15) is 0 Å². The number of para-hydroxylation sites is 1. The standard InChI is InChI=1S/C15H23FN2/c1-3-5-12-8-9-18(10-12)15-13(11(2)17)6-4-7-14(15)16/h4,6-7,11-12H,3,5,8-10,17H2,1-2H3/t11-,12?/m1/s1.